The van der Waals surface area contributed by atoms with Crippen LogP contribution in [0.15, 0.2) is 41.3 Å². The van der Waals surface area contributed by atoms with Crippen LogP contribution in [-0.2, 0) is 15.2 Å². The van der Waals surface area contributed by atoms with Crippen LogP contribution in [0.2, 0.25) is 0 Å². The molecular formula is C11H6ClF3O2S. The highest BCUT2D eigenvalue weighted by Crippen LogP contribution is 2.32. The number of fused-ring (bicyclic) bond motifs is 1. The second-order valence-corrected chi connectivity index (χ2v) is 6.23. The Morgan fingerprint density at radius 2 is 1.50 bits per heavy atom. The number of benzene rings is 2. The highest BCUT2D eigenvalue weighted by Gasteiger charge is 2.30. The molecule has 0 saturated carbocycles. The van der Waals surface area contributed by atoms with Crippen LogP contribution in [0, 0.1) is 0 Å². The number of halogens is 4. The molecule has 7 heteroatoms. The summed E-state index contributed by atoms with van der Waals surface area (Å²) in [6, 6.07) is 6.76. The van der Waals surface area contributed by atoms with Gasteiger partial charge in [0.05, 0.1) is 10.5 Å². The van der Waals surface area contributed by atoms with Gasteiger partial charge < -0.3 is 0 Å². The summed E-state index contributed by atoms with van der Waals surface area (Å²) in [7, 11) is 1.27. The van der Waals surface area contributed by atoms with Gasteiger partial charge in [0.15, 0.2) is 0 Å². The molecule has 0 heterocycles. The molecule has 2 nitrogen and oxygen atoms in total. The third-order valence-electron chi connectivity index (χ3n) is 2.42. The first-order chi connectivity index (χ1) is 8.18. The van der Waals surface area contributed by atoms with E-state index < -0.39 is 20.8 Å². The van der Waals surface area contributed by atoms with Crippen molar-refractivity contribution in [2.45, 2.75) is 11.1 Å². The molecule has 0 fully saturated rings. The average molecular weight is 295 g/mol. The van der Waals surface area contributed by atoms with Gasteiger partial charge in [-0.2, -0.15) is 13.2 Å². The van der Waals surface area contributed by atoms with Gasteiger partial charge in [-0.3, -0.25) is 0 Å². The summed E-state index contributed by atoms with van der Waals surface area (Å²) in [5.74, 6) is 0. The predicted octanol–water partition coefficient (Wildman–Crippen LogP) is 3.79. The van der Waals surface area contributed by atoms with E-state index >= 15 is 0 Å². The Bertz CT molecular complexity index is 708. The third-order valence-corrected chi connectivity index (χ3v) is 3.77. The van der Waals surface area contributed by atoms with Crippen LogP contribution in [0.5, 0.6) is 0 Å². The van der Waals surface area contributed by atoms with Gasteiger partial charge in [0.1, 0.15) is 0 Å². The number of hydrogen-bond acceptors (Lipinski definition) is 2. The summed E-state index contributed by atoms with van der Waals surface area (Å²) in [6.45, 7) is 0. The van der Waals surface area contributed by atoms with E-state index in [1.807, 2.05) is 0 Å². The van der Waals surface area contributed by atoms with Gasteiger partial charge in [-0.1, -0.05) is 12.1 Å². The van der Waals surface area contributed by atoms with E-state index in [0.29, 0.717) is 10.8 Å². The number of rotatable bonds is 1. The zero-order valence-electron chi connectivity index (χ0n) is 8.70. The SMILES string of the molecule is O=S(=O)(Cl)c1ccc2cc(C(F)(F)F)ccc2c1. The second-order valence-electron chi connectivity index (χ2n) is 3.66. The lowest BCUT2D eigenvalue weighted by Crippen LogP contribution is -2.04. The molecule has 2 aromatic carbocycles. The van der Waals surface area contributed by atoms with Gasteiger partial charge in [-0.25, -0.2) is 8.42 Å². The number of hydrogen-bond donors (Lipinski definition) is 0. The quantitative estimate of drug-likeness (QED) is 0.750. The smallest absolute Gasteiger partial charge is 0.207 e. The van der Waals surface area contributed by atoms with Crippen LogP contribution >= 0.6 is 10.7 Å². The standard InChI is InChI=1S/C11H6ClF3O2S/c12-18(16,17)10-4-2-7-5-9(11(13,14)15)3-1-8(7)6-10/h1-6H. The maximum atomic E-state index is 12.5. The fourth-order valence-corrected chi connectivity index (χ4v) is 2.34. The summed E-state index contributed by atoms with van der Waals surface area (Å²) < 4.78 is 59.6. The molecule has 96 valence electrons. The van der Waals surface area contributed by atoms with Crippen molar-refractivity contribution in [2.24, 2.45) is 0 Å². The summed E-state index contributed by atoms with van der Waals surface area (Å²) in [6.07, 6.45) is -4.43. The van der Waals surface area contributed by atoms with Gasteiger partial charge in [0.2, 0.25) is 0 Å². The van der Waals surface area contributed by atoms with Crippen molar-refractivity contribution in [2.75, 3.05) is 0 Å². The van der Waals surface area contributed by atoms with Crippen molar-refractivity contribution < 1.29 is 21.6 Å². The molecule has 0 aliphatic rings. The zero-order valence-corrected chi connectivity index (χ0v) is 10.3. The van der Waals surface area contributed by atoms with E-state index in [4.69, 9.17) is 10.7 Å². The van der Waals surface area contributed by atoms with Crippen molar-refractivity contribution >= 4 is 30.5 Å². The molecule has 0 bridgehead atoms. The molecule has 0 radical (unpaired) electrons. The third kappa shape index (κ3) is 2.59. The van der Waals surface area contributed by atoms with Crippen LogP contribution in [0.1, 0.15) is 5.56 Å². The van der Waals surface area contributed by atoms with Gasteiger partial charge >= 0.3 is 6.18 Å². The molecule has 2 rings (SSSR count). The first-order valence-electron chi connectivity index (χ1n) is 4.73. The van der Waals surface area contributed by atoms with E-state index in [0.717, 1.165) is 12.1 Å². The Hall–Kier alpha value is -1.27. The molecule has 18 heavy (non-hydrogen) atoms. The lowest BCUT2D eigenvalue weighted by atomic mass is 10.1. The molecule has 0 aliphatic heterocycles. The Morgan fingerprint density at radius 3 is 2.06 bits per heavy atom. The molecular weight excluding hydrogens is 289 g/mol. The van der Waals surface area contributed by atoms with Gasteiger partial charge in [-0.15, -0.1) is 0 Å². The minimum absolute atomic E-state index is 0.142. The highest BCUT2D eigenvalue weighted by molar-refractivity contribution is 8.13. The largest absolute Gasteiger partial charge is 0.416 e. The second kappa shape index (κ2) is 4.13. The maximum absolute atomic E-state index is 12.5. The molecule has 0 unspecified atom stereocenters. The van der Waals surface area contributed by atoms with Crippen LogP contribution in [0.25, 0.3) is 10.8 Å². The summed E-state index contributed by atoms with van der Waals surface area (Å²) in [4.78, 5) is -0.142. The molecule has 0 saturated heterocycles. The van der Waals surface area contributed by atoms with E-state index in [2.05, 4.69) is 0 Å². The molecule has 0 amide bonds. The Morgan fingerprint density at radius 1 is 0.944 bits per heavy atom. The van der Waals surface area contributed by atoms with E-state index in [9.17, 15) is 21.6 Å². The fraction of sp³-hybridized carbons (Fsp3) is 0.0909. The summed E-state index contributed by atoms with van der Waals surface area (Å²) in [5.41, 5.74) is -0.781. The average Bonchev–Trinajstić information content (AvgIpc) is 2.25. The van der Waals surface area contributed by atoms with Crippen LogP contribution in [0.3, 0.4) is 0 Å². The van der Waals surface area contributed by atoms with Gasteiger partial charge in [-0.05, 0) is 35.0 Å². The van der Waals surface area contributed by atoms with Gasteiger partial charge in [0.25, 0.3) is 9.05 Å². The van der Waals surface area contributed by atoms with Crippen LogP contribution in [0.4, 0.5) is 13.2 Å². The minimum atomic E-state index is -4.43. The maximum Gasteiger partial charge on any atom is 0.416 e. The van der Waals surface area contributed by atoms with Crippen molar-refractivity contribution in [3.05, 3.63) is 42.0 Å². The topological polar surface area (TPSA) is 34.1 Å². The Balaban J connectivity index is 2.63. The van der Waals surface area contributed by atoms with E-state index in [1.165, 1.54) is 24.3 Å². The normalized spacial score (nSPS) is 12.9. The van der Waals surface area contributed by atoms with Crippen LogP contribution < -0.4 is 0 Å². The van der Waals surface area contributed by atoms with E-state index in [-0.39, 0.29) is 4.90 Å². The van der Waals surface area contributed by atoms with Crippen molar-refractivity contribution in [1.29, 1.82) is 0 Å². The molecule has 0 atom stereocenters. The Kier molecular flexibility index (Phi) is 3.03. The predicted molar refractivity (Wildman–Crippen MR) is 62.0 cm³/mol. The first kappa shape index (κ1) is 13.2. The fourth-order valence-electron chi connectivity index (χ4n) is 1.55. The molecule has 0 aromatic heterocycles. The number of alkyl halides is 3. The minimum Gasteiger partial charge on any atom is -0.207 e. The van der Waals surface area contributed by atoms with Crippen molar-refractivity contribution in [3.8, 4) is 0 Å². The zero-order chi connectivity index (χ0) is 13.6. The molecule has 0 N–H and O–H groups in total. The van der Waals surface area contributed by atoms with E-state index in [1.54, 1.807) is 0 Å². The summed E-state index contributed by atoms with van der Waals surface area (Å²) in [5, 5.41) is 0.679. The molecule has 2 aromatic rings. The lowest BCUT2D eigenvalue weighted by Gasteiger charge is -2.08. The molecule has 0 aliphatic carbocycles. The lowest BCUT2D eigenvalue weighted by molar-refractivity contribution is -0.137. The highest BCUT2D eigenvalue weighted by atomic mass is 35.7. The van der Waals surface area contributed by atoms with Crippen LogP contribution in [-0.4, -0.2) is 8.42 Å². The monoisotopic (exact) mass is 294 g/mol. The van der Waals surface area contributed by atoms with Crippen molar-refractivity contribution in [1.82, 2.24) is 0 Å². The van der Waals surface area contributed by atoms with Gasteiger partial charge in [0, 0.05) is 10.7 Å². The first-order valence-corrected chi connectivity index (χ1v) is 7.04. The van der Waals surface area contributed by atoms with Crippen molar-refractivity contribution in [3.63, 3.8) is 0 Å². The summed E-state index contributed by atoms with van der Waals surface area (Å²) >= 11 is 0. The molecule has 0 spiro atoms. The Labute approximate surface area is 105 Å².